The third-order valence-corrected chi connectivity index (χ3v) is 3.75. The number of benzene rings is 2. The van der Waals surface area contributed by atoms with Crippen LogP contribution in [0.4, 0.5) is 0 Å². The molecule has 0 saturated carbocycles. The van der Waals surface area contributed by atoms with Crippen LogP contribution in [0.25, 0.3) is 0 Å². The molecular weight excluding hydrogens is 411 g/mol. The second kappa shape index (κ2) is 20.2. The monoisotopic (exact) mass is 442 g/mol. The number of aliphatic carboxylic acids is 1. The molecule has 166 valence electrons. The molecule has 31 heavy (non-hydrogen) atoms. The van der Waals surface area contributed by atoms with Crippen molar-refractivity contribution in [1.82, 2.24) is 0 Å². The van der Waals surface area contributed by atoms with Crippen LogP contribution < -0.4 is 39.4 Å². The van der Waals surface area contributed by atoms with Crippen molar-refractivity contribution in [2.75, 3.05) is 13.2 Å². The molecule has 8 heteroatoms. The van der Waals surface area contributed by atoms with Crippen molar-refractivity contribution in [3.8, 4) is 5.75 Å². The van der Waals surface area contributed by atoms with Gasteiger partial charge in [-0.25, -0.2) is 0 Å². The Kier molecular flexibility index (Phi) is 20.5. The van der Waals surface area contributed by atoms with Crippen molar-refractivity contribution >= 4 is 11.9 Å². The van der Waals surface area contributed by atoms with E-state index >= 15 is 0 Å². The number of rotatable bonds is 8. The van der Waals surface area contributed by atoms with Crippen LogP contribution in [-0.4, -0.2) is 46.6 Å². The fraction of sp³-hybridized carbons (Fsp3) is 0.391. The molecule has 2 rings (SSSR count). The van der Waals surface area contributed by atoms with Gasteiger partial charge in [0.25, 0.3) is 0 Å². The third kappa shape index (κ3) is 15.7. The Morgan fingerprint density at radius 1 is 0.935 bits per heavy atom. The summed E-state index contributed by atoms with van der Waals surface area (Å²) in [4.78, 5) is 21.6. The van der Waals surface area contributed by atoms with Gasteiger partial charge in [-0.3, -0.25) is 4.79 Å². The van der Waals surface area contributed by atoms with E-state index in [-0.39, 0.29) is 48.7 Å². The minimum Gasteiger partial charge on any atom is -0.549 e. The maximum Gasteiger partial charge on any atom is 1.00 e. The van der Waals surface area contributed by atoms with Gasteiger partial charge in [-0.1, -0.05) is 62.4 Å². The van der Waals surface area contributed by atoms with E-state index in [9.17, 15) is 14.7 Å². The van der Waals surface area contributed by atoms with Gasteiger partial charge in [-0.2, -0.15) is 0 Å². The second-order valence-electron chi connectivity index (χ2n) is 6.25. The van der Waals surface area contributed by atoms with Crippen molar-refractivity contribution in [3.05, 3.63) is 66.2 Å². The van der Waals surface area contributed by atoms with Gasteiger partial charge < -0.3 is 30.0 Å². The summed E-state index contributed by atoms with van der Waals surface area (Å²) in [6.07, 6.45) is 0.928. The summed E-state index contributed by atoms with van der Waals surface area (Å²) in [6.45, 7) is 3.06. The average molecular weight is 442 g/mol. The molecule has 0 heterocycles. The molecule has 0 amide bonds. The Morgan fingerprint density at radius 3 is 1.77 bits per heavy atom. The summed E-state index contributed by atoms with van der Waals surface area (Å²) in [7, 11) is 0. The smallest absolute Gasteiger partial charge is 0.549 e. The zero-order valence-corrected chi connectivity index (χ0v) is 20.4. The number of carboxylic acids is 1. The molecule has 0 radical (unpaired) electrons. The Hall–Kier alpha value is -1.74. The van der Waals surface area contributed by atoms with Crippen LogP contribution in [0.1, 0.15) is 44.6 Å². The molecule has 1 atom stereocenters. The van der Waals surface area contributed by atoms with E-state index in [0.717, 1.165) is 12.0 Å². The number of carbonyl (C=O) groups excluding carboxylic acids is 2. The topological polar surface area (TPSA) is 127 Å². The SMILES string of the molecule is CCC(C(=O)[O-])c1ccccc1.CCCC(=O)Oc1ccccc1.OCC(O)CO.[Na+]. The van der Waals surface area contributed by atoms with E-state index in [1.807, 2.05) is 62.4 Å². The van der Waals surface area contributed by atoms with Crippen LogP contribution in [0.5, 0.6) is 5.75 Å². The molecule has 0 aromatic heterocycles. The van der Waals surface area contributed by atoms with E-state index in [1.165, 1.54) is 0 Å². The fourth-order valence-corrected chi connectivity index (χ4v) is 2.16. The molecule has 0 aliphatic heterocycles. The molecule has 0 aliphatic rings. The molecule has 1 unspecified atom stereocenters. The van der Waals surface area contributed by atoms with Gasteiger partial charge in [0, 0.05) is 18.3 Å². The summed E-state index contributed by atoms with van der Waals surface area (Å²) >= 11 is 0. The van der Waals surface area contributed by atoms with Crippen molar-refractivity contribution < 1.29 is 64.3 Å². The Labute approximate surface area is 206 Å². The molecule has 0 aliphatic carbocycles. The number of carbonyl (C=O) groups is 2. The summed E-state index contributed by atoms with van der Waals surface area (Å²) in [6, 6.07) is 18.3. The standard InChI is InChI=1S/2C10H12O2.C3H8O3.Na/c1-2-9(10(11)12)8-6-4-3-5-7-8;1-2-6-10(11)12-9-7-4-3-5-8-9;4-1-3(6)2-5;/h3-7,9H,2H2,1H3,(H,11,12);3-5,7-8H,2,6H2,1H3;3-6H,1-2H2;/q;;;+1/p-1. The number of hydrogen-bond acceptors (Lipinski definition) is 7. The zero-order valence-electron chi connectivity index (χ0n) is 18.4. The van der Waals surface area contributed by atoms with Gasteiger partial charge in [-0.05, 0) is 30.5 Å². The Balaban J connectivity index is 0. The molecule has 0 saturated heterocycles. The average Bonchev–Trinajstić information content (AvgIpc) is 2.76. The molecule has 7 nitrogen and oxygen atoms in total. The van der Waals surface area contributed by atoms with Gasteiger partial charge >= 0.3 is 35.5 Å². The Morgan fingerprint density at radius 2 is 1.42 bits per heavy atom. The molecular formula is C23H31NaO7. The normalized spacial score (nSPS) is 10.4. The van der Waals surface area contributed by atoms with Crippen LogP contribution in [-0.2, 0) is 9.59 Å². The number of aliphatic hydroxyl groups excluding tert-OH is 3. The van der Waals surface area contributed by atoms with E-state index in [4.69, 9.17) is 20.1 Å². The molecule has 0 spiro atoms. The first-order valence-electron chi connectivity index (χ1n) is 9.80. The van der Waals surface area contributed by atoms with Gasteiger partial charge in [0.1, 0.15) is 11.9 Å². The summed E-state index contributed by atoms with van der Waals surface area (Å²) in [5, 5.41) is 34.6. The minimum atomic E-state index is -0.997. The summed E-state index contributed by atoms with van der Waals surface area (Å²) in [5.74, 6) is -1.01. The maximum absolute atomic E-state index is 11.0. The number of carboxylic acid groups (broad SMARTS) is 1. The van der Waals surface area contributed by atoms with Crippen molar-refractivity contribution in [3.63, 3.8) is 0 Å². The maximum atomic E-state index is 11.0. The predicted octanol–water partition coefficient (Wildman–Crippen LogP) is -1.34. The fourth-order valence-electron chi connectivity index (χ4n) is 2.16. The number of hydrogen-bond donors (Lipinski definition) is 3. The van der Waals surface area contributed by atoms with Gasteiger partial charge in [0.2, 0.25) is 0 Å². The molecule has 2 aromatic carbocycles. The first kappa shape index (κ1) is 31.4. The predicted molar refractivity (Wildman–Crippen MR) is 112 cm³/mol. The summed E-state index contributed by atoms with van der Waals surface area (Å²) in [5.41, 5.74) is 0.819. The van der Waals surface area contributed by atoms with Crippen LogP contribution in [0, 0.1) is 0 Å². The second-order valence-corrected chi connectivity index (χ2v) is 6.25. The molecule has 0 bridgehead atoms. The number of para-hydroxylation sites is 1. The van der Waals surface area contributed by atoms with Gasteiger partial charge in [0.15, 0.2) is 0 Å². The van der Waals surface area contributed by atoms with E-state index in [1.54, 1.807) is 12.1 Å². The van der Waals surface area contributed by atoms with Crippen molar-refractivity contribution in [2.45, 2.75) is 45.1 Å². The van der Waals surface area contributed by atoms with E-state index in [2.05, 4.69) is 0 Å². The molecule has 3 N–H and O–H groups in total. The first-order chi connectivity index (χ1) is 14.4. The van der Waals surface area contributed by atoms with Crippen LogP contribution in [0.2, 0.25) is 0 Å². The van der Waals surface area contributed by atoms with E-state index < -0.39 is 18.0 Å². The minimum absolute atomic E-state index is 0. The largest absolute Gasteiger partial charge is 1.00 e. The van der Waals surface area contributed by atoms with Gasteiger partial charge in [-0.15, -0.1) is 0 Å². The van der Waals surface area contributed by atoms with E-state index in [0.29, 0.717) is 18.6 Å². The number of esters is 1. The third-order valence-electron chi connectivity index (χ3n) is 3.75. The first-order valence-corrected chi connectivity index (χ1v) is 9.80. The van der Waals surface area contributed by atoms with Crippen molar-refractivity contribution in [2.24, 2.45) is 0 Å². The molecule has 2 aromatic rings. The zero-order chi connectivity index (χ0) is 22.8. The number of aliphatic hydroxyl groups is 3. The van der Waals surface area contributed by atoms with Crippen LogP contribution >= 0.6 is 0 Å². The van der Waals surface area contributed by atoms with Crippen LogP contribution in [0.3, 0.4) is 0 Å². The number of ether oxygens (including phenoxy) is 1. The van der Waals surface area contributed by atoms with Crippen LogP contribution in [0.15, 0.2) is 60.7 Å². The van der Waals surface area contributed by atoms with Gasteiger partial charge in [0.05, 0.1) is 13.2 Å². The molecule has 0 fully saturated rings. The quantitative estimate of drug-likeness (QED) is 0.262. The van der Waals surface area contributed by atoms with Crippen molar-refractivity contribution in [1.29, 1.82) is 0 Å². The Bertz CT molecular complexity index is 690. The summed E-state index contributed by atoms with van der Waals surface area (Å²) < 4.78 is 5.02.